The molecule has 3 N–H and O–H groups in total. The van der Waals surface area contributed by atoms with Gasteiger partial charge in [0.25, 0.3) is 0 Å². The van der Waals surface area contributed by atoms with Gasteiger partial charge < -0.3 is 20.4 Å². The summed E-state index contributed by atoms with van der Waals surface area (Å²) in [5, 5.41) is 21.0. The predicted octanol–water partition coefficient (Wildman–Crippen LogP) is 1.58. The molecule has 0 heterocycles. The lowest BCUT2D eigenvalue weighted by Gasteiger charge is -2.39. The molecule has 0 aromatic rings. The first-order valence-corrected chi connectivity index (χ1v) is 8.02. The third kappa shape index (κ3) is 4.33. The van der Waals surface area contributed by atoms with Crippen LogP contribution in [0.15, 0.2) is 0 Å². The minimum Gasteiger partial charge on any atom is -0.481 e. The third-order valence-electron chi connectivity index (χ3n) is 4.74. The van der Waals surface area contributed by atoms with Crippen LogP contribution in [0.1, 0.15) is 51.4 Å². The van der Waals surface area contributed by atoms with Crippen LogP contribution in [0.3, 0.4) is 0 Å². The number of rotatable bonds is 6. The summed E-state index contributed by atoms with van der Waals surface area (Å²) in [7, 11) is 0. The highest BCUT2D eigenvalue weighted by molar-refractivity contribution is 5.75. The number of aliphatic hydroxyl groups is 1. The summed E-state index contributed by atoms with van der Waals surface area (Å²) in [6.07, 6.45) is 6.62. The molecule has 0 aliphatic heterocycles. The lowest BCUT2D eigenvalue weighted by atomic mass is 9.86. The average Bonchev–Trinajstić information content (AvgIpc) is 2.41. The van der Waals surface area contributed by atoms with Crippen LogP contribution in [0, 0.1) is 5.92 Å². The predicted molar refractivity (Wildman–Crippen MR) is 78.0 cm³/mol. The molecule has 0 spiro atoms. The molecule has 0 bridgehead atoms. The smallest absolute Gasteiger partial charge is 0.317 e. The van der Waals surface area contributed by atoms with Crippen LogP contribution in [-0.2, 0) is 4.79 Å². The molecule has 21 heavy (non-hydrogen) atoms. The number of aliphatic hydroxyl groups excluding tert-OH is 1. The lowest BCUT2D eigenvalue weighted by Crippen LogP contribution is -2.52. The highest BCUT2D eigenvalue weighted by Gasteiger charge is 2.31. The molecule has 120 valence electrons. The molecule has 0 unspecified atom stereocenters. The molecule has 6 nitrogen and oxygen atoms in total. The van der Waals surface area contributed by atoms with E-state index in [1.54, 1.807) is 0 Å². The third-order valence-corrected chi connectivity index (χ3v) is 4.74. The van der Waals surface area contributed by atoms with Gasteiger partial charge in [-0.15, -0.1) is 0 Å². The van der Waals surface area contributed by atoms with Crippen LogP contribution in [0.5, 0.6) is 0 Å². The quantitative estimate of drug-likeness (QED) is 0.694. The van der Waals surface area contributed by atoms with Crippen molar-refractivity contribution in [1.29, 1.82) is 0 Å². The molecule has 0 radical (unpaired) electrons. The first kappa shape index (κ1) is 16.1. The number of urea groups is 1. The van der Waals surface area contributed by atoms with Gasteiger partial charge in [-0.3, -0.25) is 4.79 Å². The molecule has 2 aliphatic carbocycles. The number of carboxylic acid groups (broad SMARTS) is 1. The molecular weight excluding hydrogens is 272 g/mol. The minimum absolute atomic E-state index is 0.0491. The topological polar surface area (TPSA) is 89.9 Å². The summed E-state index contributed by atoms with van der Waals surface area (Å²) in [6.45, 7) is 0.692. The molecule has 2 amide bonds. The van der Waals surface area contributed by atoms with E-state index >= 15 is 0 Å². The molecule has 0 saturated heterocycles. The maximum absolute atomic E-state index is 12.4. The largest absolute Gasteiger partial charge is 0.481 e. The van der Waals surface area contributed by atoms with Crippen molar-refractivity contribution in [2.75, 3.05) is 13.2 Å². The van der Waals surface area contributed by atoms with Crippen molar-refractivity contribution in [3.63, 3.8) is 0 Å². The van der Waals surface area contributed by atoms with Gasteiger partial charge in [-0.2, -0.15) is 0 Å². The van der Waals surface area contributed by atoms with Crippen LogP contribution in [-0.4, -0.2) is 52.3 Å². The van der Waals surface area contributed by atoms with Crippen molar-refractivity contribution in [2.24, 2.45) is 5.92 Å². The van der Waals surface area contributed by atoms with E-state index in [1.165, 1.54) is 0 Å². The number of carbonyl (C=O) groups is 2. The van der Waals surface area contributed by atoms with Gasteiger partial charge in [0.2, 0.25) is 0 Å². The number of aliphatic carboxylic acids is 1. The Balaban J connectivity index is 1.80. The monoisotopic (exact) mass is 298 g/mol. The highest BCUT2D eigenvalue weighted by Crippen LogP contribution is 2.27. The first-order chi connectivity index (χ1) is 10.1. The maximum atomic E-state index is 12.4. The Hall–Kier alpha value is -1.30. The van der Waals surface area contributed by atoms with E-state index in [0.717, 1.165) is 32.1 Å². The Morgan fingerprint density at radius 2 is 1.76 bits per heavy atom. The SMILES string of the molecule is O=C(O)C1CCC(NC(=O)N(CCCO)C2CCC2)CC1. The number of hydrogen-bond acceptors (Lipinski definition) is 3. The fraction of sp³-hybridized carbons (Fsp3) is 0.867. The zero-order valence-electron chi connectivity index (χ0n) is 12.5. The van der Waals surface area contributed by atoms with E-state index in [-0.39, 0.29) is 24.6 Å². The molecule has 2 aliphatic rings. The summed E-state index contributed by atoms with van der Waals surface area (Å²) < 4.78 is 0. The number of carbonyl (C=O) groups excluding carboxylic acids is 1. The van der Waals surface area contributed by atoms with Crippen molar-refractivity contribution in [3.8, 4) is 0 Å². The van der Waals surface area contributed by atoms with Gasteiger partial charge in [-0.25, -0.2) is 4.79 Å². The van der Waals surface area contributed by atoms with Crippen LogP contribution in [0.25, 0.3) is 0 Å². The highest BCUT2D eigenvalue weighted by atomic mass is 16.4. The average molecular weight is 298 g/mol. The molecule has 0 aromatic carbocycles. The van der Waals surface area contributed by atoms with Crippen molar-refractivity contribution in [2.45, 2.75) is 63.5 Å². The Morgan fingerprint density at radius 3 is 2.24 bits per heavy atom. The van der Waals surface area contributed by atoms with Crippen LogP contribution in [0.2, 0.25) is 0 Å². The Labute approximate surface area is 125 Å². The van der Waals surface area contributed by atoms with Gasteiger partial charge in [0, 0.05) is 25.2 Å². The fourth-order valence-corrected chi connectivity index (χ4v) is 3.13. The van der Waals surface area contributed by atoms with Crippen molar-refractivity contribution in [1.82, 2.24) is 10.2 Å². The number of amides is 2. The van der Waals surface area contributed by atoms with E-state index in [0.29, 0.717) is 31.8 Å². The molecule has 0 aromatic heterocycles. The number of nitrogens with one attached hydrogen (secondary N) is 1. The van der Waals surface area contributed by atoms with Gasteiger partial charge >= 0.3 is 12.0 Å². The zero-order chi connectivity index (χ0) is 15.2. The lowest BCUT2D eigenvalue weighted by molar-refractivity contribution is -0.142. The Morgan fingerprint density at radius 1 is 1.10 bits per heavy atom. The van der Waals surface area contributed by atoms with Crippen LogP contribution >= 0.6 is 0 Å². The number of hydrogen-bond donors (Lipinski definition) is 3. The standard InChI is InChI=1S/C15H26N2O4/c18-10-2-9-17(13-3-1-4-13)15(21)16-12-7-5-11(6-8-12)14(19)20/h11-13,18H,1-10H2,(H,16,21)(H,19,20). The van der Waals surface area contributed by atoms with Gasteiger partial charge in [0.15, 0.2) is 0 Å². The number of nitrogens with zero attached hydrogens (tertiary/aromatic N) is 1. The summed E-state index contributed by atoms with van der Waals surface area (Å²) in [6, 6.07) is 0.351. The Kier molecular flexibility index (Phi) is 5.85. The molecule has 0 atom stereocenters. The van der Waals surface area contributed by atoms with Crippen LogP contribution < -0.4 is 5.32 Å². The second-order valence-corrected chi connectivity index (χ2v) is 6.19. The first-order valence-electron chi connectivity index (χ1n) is 8.02. The van der Waals surface area contributed by atoms with E-state index in [9.17, 15) is 9.59 Å². The van der Waals surface area contributed by atoms with E-state index < -0.39 is 5.97 Å². The second-order valence-electron chi connectivity index (χ2n) is 6.19. The zero-order valence-corrected chi connectivity index (χ0v) is 12.5. The summed E-state index contributed by atoms with van der Waals surface area (Å²) in [5.41, 5.74) is 0. The van der Waals surface area contributed by atoms with Gasteiger partial charge in [-0.05, 0) is 51.4 Å². The van der Waals surface area contributed by atoms with Crippen molar-refractivity contribution >= 4 is 12.0 Å². The fourth-order valence-electron chi connectivity index (χ4n) is 3.13. The Bertz CT molecular complexity index is 363. The molecule has 2 saturated carbocycles. The van der Waals surface area contributed by atoms with Gasteiger partial charge in [-0.1, -0.05) is 0 Å². The van der Waals surface area contributed by atoms with E-state index in [4.69, 9.17) is 10.2 Å². The van der Waals surface area contributed by atoms with Gasteiger partial charge in [0.05, 0.1) is 5.92 Å². The van der Waals surface area contributed by atoms with Crippen molar-refractivity contribution in [3.05, 3.63) is 0 Å². The molecular formula is C15H26N2O4. The van der Waals surface area contributed by atoms with E-state index in [2.05, 4.69) is 5.32 Å². The molecule has 2 fully saturated rings. The molecule has 6 heteroatoms. The molecule has 2 rings (SSSR count). The normalized spacial score (nSPS) is 26.0. The van der Waals surface area contributed by atoms with E-state index in [1.807, 2.05) is 4.90 Å². The van der Waals surface area contributed by atoms with Crippen LogP contribution in [0.4, 0.5) is 4.79 Å². The summed E-state index contributed by atoms with van der Waals surface area (Å²) >= 11 is 0. The van der Waals surface area contributed by atoms with Crippen molar-refractivity contribution < 1.29 is 19.8 Å². The minimum atomic E-state index is -0.723. The maximum Gasteiger partial charge on any atom is 0.317 e. The summed E-state index contributed by atoms with van der Waals surface area (Å²) in [4.78, 5) is 25.2. The summed E-state index contributed by atoms with van der Waals surface area (Å²) in [5.74, 6) is -0.978. The number of carboxylic acids is 1. The van der Waals surface area contributed by atoms with Gasteiger partial charge in [0.1, 0.15) is 0 Å². The second kappa shape index (κ2) is 7.64.